The molecule has 0 aliphatic rings. The van der Waals surface area contributed by atoms with Crippen LogP contribution in [0.25, 0.3) is 16.9 Å². The fourth-order valence-corrected chi connectivity index (χ4v) is 2.21. The largest absolute Gasteiger partial charge is 0.245 e. The van der Waals surface area contributed by atoms with Gasteiger partial charge in [-0.15, -0.1) is 0 Å². The van der Waals surface area contributed by atoms with Gasteiger partial charge in [-0.2, -0.15) is 5.10 Å². The van der Waals surface area contributed by atoms with E-state index >= 15 is 0 Å². The van der Waals surface area contributed by atoms with Crippen LogP contribution in [-0.4, -0.2) is 19.7 Å². The molecule has 0 amide bonds. The number of para-hydroxylation sites is 1. The maximum absolute atomic E-state index is 4.44. The lowest BCUT2D eigenvalue weighted by Crippen LogP contribution is -1.99. The predicted octanol–water partition coefficient (Wildman–Crippen LogP) is 2.95. The number of hydrogen-bond acceptors (Lipinski definition) is 3. The maximum Gasteiger partial charge on any atom is 0.116 e. The van der Waals surface area contributed by atoms with Gasteiger partial charge in [-0.1, -0.05) is 18.2 Å². The molecule has 0 unspecified atom stereocenters. The fraction of sp³-hybridized carbons (Fsp3) is 0.133. The zero-order valence-corrected chi connectivity index (χ0v) is 10.9. The SMILES string of the molecule is Cc1cccc(C)c1-n1cc(-c2ccncn2)cn1. The maximum atomic E-state index is 4.44. The van der Waals surface area contributed by atoms with Gasteiger partial charge in [-0.3, -0.25) is 0 Å². The molecule has 0 aliphatic carbocycles. The van der Waals surface area contributed by atoms with Crippen LogP contribution in [-0.2, 0) is 0 Å². The summed E-state index contributed by atoms with van der Waals surface area (Å²) in [6, 6.07) is 8.12. The van der Waals surface area contributed by atoms with Crippen LogP contribution in [0.15, 0.2) is 49.2 Å². The Bertz CT molecular complexity index is 681. The first-order valence-electron chi connectivity index (χ1n) is 6.13. The average Bonchev–Trinajstić information content (AvgIpc) is 2.89. The average molecular weight is 250 g/mol. The second-order valence-corrected chi connectivity index (χ2v) is 4.51. The molecule has 0 N–H and O–H groups in total. The molecule has 3 rings (SSSR count). The van der Waals surface area contributed by atoms with Gasteiger partial charge in [0.05, 0.1) is 17.6 Å². The molecule has 0 aliphatic heterocycles. The highest BCUT2D eigenvalue weighted by Gasteiger charge is 2.08. The Morgan fingerprint density at radius 1 is 1.05 bits per heavy atom. The third-order valence-corrected chi connectivity index (χ3v) is 3.13. The number of nitrogens with zero attached hydrogens (tertiary/aromatic N) is 4. The quantitative estimate of drug-likeness (QED) is 0.702. The topological polar surface area (TPSA) is 43.6 Å². The van der Waals surface area contributed by atoms with Gasteiger partial charge >= 0.3 is 0 Å². The van der Waals surface area contributed by atoms with Crippen molar-refractivity contribution in [3.05, 3.63) is 60.3 Å². The summed E-state index contributed by atoms with van der Waals surface area (Å²) >= 11 is 0. The van der Waals surface area contributed by atoms with Gasteiger partial charge in [0.15, 0.2) is 0 Å². The van der Waals surface area contributed by atoms with Crippen molar-refractivity contribution >= 4 is 0 Å². The highest BCUT2D eigenvalue weighted by Crippen LogP contribution is 2.21. The van der Waals surface area contributed by atoms with Crippen LogP contribution in [0, 0.1) is 13.8 Å². The van der Waals surface area contributed by atoms with E-state index in [1.54, 1.807) is 12.5 Å². The van der Waals surface area contributed by atoms with Crippen molar-refractivity contribution in [2.24, 2.45) is 0 Å². The van der Waals surface area contributed by atoms with Gasteiger partial charge in [0, 0.05) is 18.0 Å². The van der Waals surface area contributed by atoms with E-state index < -0.39 is 0 Å². The van der Waals surface area contributed by atoms with Gasteiger partial charge in [-0.25, -0.2) is 14.6 Å². The van der Waals surface area contributed by atoms with E-state index in [1.165, 1.54) is 11.1 Å². The van der Waals surface area contributed by atoms with E-state index in [0.717, 1.165) is 16.9 Å². The minimum absolute atomic E-state index is 0.882. The molecule has 94 valence electrons. The molecule has 4 heteroatoms. The number of rotatable bonds is 2. The van der Waals surface area contributed by atoms with Crippen LogP contribution in [0.4, 0.5) is 0 Å². The summed E-state index contributed by atoms with van der Waals surface area (Å²) in [6.07, 6.45) is 7.11. The minimum atomic E-state index is 0.882. The molecule has 4 nitrogen and oxygen atoms in total. The van der Waals surface area contributed by atoms with Crippen molar-refractivity contribution in [2.45, 2.75) is 13.8 Å². The molecule has 0 saturated carbocycles. The van der Waals surface area contributed by atoms with Crippen LogP contribution >= 0.6 is 0 Å². The summed E-state index contributed by atoms with van der Waals surface area (Å²) in [5.41, 5.74) is 5.41. The lowest BCUT2D eigenvalue weighted by Gasteiger charge is -2.08. The first-order valence-corrected chi connectivity index (χ1v) is 6.13. The Hall–Kier alpha value is -2.49. The van der Waals surface area contributed by atoms with Crippen molar-refractivity contribution in [1.29, 1.82) is 0 Å². The third kappa shape index (κ3) is 2.12. The van der Waals surface area contributed by atoms with E-state index in [2.05, 4.69) is 47.1 Å². The Kier molecular flexibility index (Phi) is 2.83. The molecule has 0 radical (unpaired) electrons. The molecule has 0 bridgehead atoms. The van der Waals surface area contributed by atoms with Crippen LogP contribution < -0.4 is 0 Å². The number of benzene rings is 1. The van der Waals surface area contributed by atoms with Crippen molar-refractivity contribution in [1.82, 2.24) is 19.7 Å². The summed E-state index contributed by atoms with van der Waals surface area (Å²) in [4.78, 5) is 8.16. The van der Waals surface area contributed by atoms with Crippen LogP contribution in [0.1, 0.15) is 11.1 Å². The molecule has 2 heterocycles. The lowest BCUT2D eigenvalue weighted by atomic mass is 10.1. The summed E-state index contributed by atoms with van der Waals surface area (Å²) in [6.45, 7) is 4.18. The third-order valence-electron chi connectivity index (χ3n) is 3.13. The van der Waals surface area contributed by atoms with Gasteiger partial charge < -0.3 is 0 Å². The Morgan fingerprint density at radius 2 is 1.84 bits per heavy atom. The van der Waals surface area contributed by atoms with E-state index in [0.29, 0.717) is 0 Å². The first-order chi connectivity index (χ1) is 9.25. The summed E-state index contributed by atoms with van der Waals surface area (Å²) in [7, 11) is 0. The van der Waals surface area contributed by atoms with E-state index in [9.17, 15) is 0 Å². The van der Waals surface area contributed by atoms with Crippen molar-refractivity contribution in [3.8, 4) is 16.9 Å². The van der Waals surface area contributed by atoms with E-state index in [-0.39, 0.29) is 0 Å². The van der Waals surface area contributed by atoms with Gasteiger partial charge in [0.2, 0.25) is 0 Å². The number of aryl methyl sites for hydroxylation is 2. The predicted molar refractivity (Wildman–Crippen MR) is 74.1 cm³/mol. The van der Waals surface area contributed by atoms with Gasteiger partial charge in [0.1, 0.15) is 6.33 Å². The van der Waals surface area contributed by atoms with Crippen LogP contribution in [0.5, 0.6) is 0 Å². The van der Waals surface area contributed by atoms with Crippen LogP contribution in [0.3, 0.4) is 0 Å². The highest BCUT2D eigenvalue weighted by molar-refractivity contribution is 5.58. The zero-order valence-electron chi connectivity index (χ0n) is 10.9. The van der Waals surface area contributed by atoms with E-state index in [1.807, 2.05) is 23.1 Å². The molecule has 3 aromatic rings. The van der Waals surface area contributed by atoms with Crippen molar-refractivity contribution in [3.63, 3.8) is 0 Å². The molecular formula is C15H14N4. The Morgan fingerprint density at radius 3 is 2.53 bits per heavy atom. The lowest BCUT2D eigenvalue weighted by molar-refractivity contribution is 0.865. The van der Waals surface area contributed by atoms with E-state index in [4.69, 9.17) is 0 Å². The Balaban J connectivity index is 2.07. The van der Waals surface area contributed by atoms with Gasteiger partial charge in [0.25, 0.3) is 0 Å². The molecule has 0 atom stereocenters. The van der Waals surface area contributed by atoms with Crippen molar-refractivity contribution in [2.75, 3.05) is 0 Å². The molecule has 0 fully saturated rings. The summed E-state index contributed by atoms with van der Waals surface area (Å²) < 4.78 is 1.90. The molecule has 2 aromatic heterocycles. The summed E-state index contributed by atoms with van der Waals surface area (Å²) in [5, 5.41) is 4.44. The summed E-state index contributed by atoms with van der Waals surface area (Å²) in [5.74, 6) is 0. The molecule has 1 aromatic carbocycles. The Labute approximate surface area is 111 Å². The highest BCUT2D eigenvalue weighted by atomic mass is 15.3. The molecular weight excluding hydrogens is 236 g/mol. The molecule has 0 spiro atoms. The smallest absolute Gasteiger partial charge is 0.116 e. The normalized spacial score (nSPS) is 10.6. The number of hydrogen-bond donors (Lipinski definition) is 0. The van der Waals surface area contributed by atoms with Crippen LogP contribution in [0.2, 0.25) is 0 Å². The standard InChI is InChI=1S/C15H14N4/c1-11-4-3-5-12(2)15(11)19-9-13(8-18-19)14-6-7-16-10-17-14/h3-10H,1-2H3. The second kappa shape index (κ2) is 4.65. The first kappa shape index (κ1) is 11.6. The monoisotopic (exact) mass is 250 g/mol. The molecule has 0 saturated heterocycles. The fourth-order valence-electron chi connectivity index (χ4n) is 2.21. The van der Waals surface area contributed by atoms with Crippen molar-refractivity contribution < 1.29 is 0 Å². The number of aromatic nitrogens is 4. The second-order valence-electron chi connectivity index (χ2n) is 4.51. The zero-order chi connectivity index (χ0) is 13.2. The minimum Gasteiger partial charge on any atom is -0.245 e. The molecule has 19 heavy (non-hydrogen) atoms. The van der Waals surface area contributed by atoms with Gasteiger partial charge in [-0.05, 0) is 31.0 Å².